The number of hydrogen-bond acceptors (Lipinski definition) is 2. The van der Waals surface area contributed by atoms with Gasteiger partial charge in [-0.15, -0.1) is 0 Å². The minimum atomic E-state index is -0.810. The Labute approximate surface area is 623 Å². The lowest BCUT2D eigenvalue weighted by Crippen LogP contribution is -2.38. The van der Waals surface area contributed by atoms with Crippen LogP contribution < -0.4 is 9.80 Å². The van der Waals surface area contributed by atoms with Gasteiger partial charge < -0.3 is 9.80 Å². The molecular weight excluding hydrogens is 1290 g/mol. The Balaban J connectivity index is 0.928. The van der Waals surface area contributed by atoms with E-state index in [1.165, 1.54) is 122 Å². The number of fused-ring (bicyclic) bond motifs is 18. The normalized spacial score (nSPS) is 14.2. The molecule has 0 atom stereocenters. The number of nitrogens with zero attached hydrogens (tertiary/aromatic N) is 2. The second-order valence-corrected chi connectivity index (χ2v) is 29.1. The van der Waals surface area contributed by atoms with E-state index in [0.717, 1.165) is 67.2 Å². The zero-order chi connectivity index (χ0) is 70.4. The first-order valence-corrected chi connectivity index (χ1v) is 37.4. The van der Waals surface area contributed by atoms with Crippen molar-refractivity contribution in [2.45, 2.75) is 16.2 Å². The molecule has 0 amide bonds. The fraction of sp³-hybridized carbons (Fsp3) is 0.0286. The molecule has 0 N–H and O–H groups in total. The van der Waals surface area contributed by atoms with Gasteiger partial charge in [-0.25, -0.2) is 0 Å². The molecular formula is C105H68N2. The van der Waals surface area contributed by atoms with Gasteiger partial charge in [0.15, 0.2) is 0 Å². The SMILES string of the molecule is c1ccc(N2c3ccccc3C(c3ccccc3)(c3ccccc3)c3c(-c4cccc5c(-c6cccc7c6C6(c8ccccc8-c8ccccc86)c6ccc8ccccc8c6-7)c6cccc(-c7cccc8c7C(c7ccccc7)(c7ccccc7)c7ccccc7N8c7ccccc7)c6cc45)cccc32)cc1. The first-order chi connectivity index (χ1) is 53.2. The van der Waals surface area contributed by atoms with E-state index in [4.69, 9.17) is 0 Å². The molecule has 0 radical (unpaired) electrons. The van der Waals surface area contributed by atoms with Crippen molar-refractivity contribution in [3.8, 4) is 55.6 Å². The van der Waals surface area contributed by atoms with Gasteiger partial charge in [-0.05, 0) is 198 Å². The van der Waals surface area contributed by atoms with E-state index in [0.29, 0.717) is 0 Å². The third-order valence-electron chi connectivity index (χ3n) is 24.2. The van der Waals surface area contributed by atoms with Gasteiger partial charge in [0.1, 0.15) is 0 Å². The summed E-state index contributed by atoms with van der Waals surface area (Å²) in [7, 11) is 0. The summed E-state index contributed by atoms with van der Waals surface area (Å²) < 4.78 is 0. The molecule has 2 aliphatic carbocycles. The highest BCUT2D eigenvalue weighted by Gasteiger charge is 2.55. The second kappa shape index (κ2) is 23.7. The smallest absolute Gasteiger partial charge is 0.0748 e. The fourth-order valence-corrected chi connectivity index (χ4v) is 20.3. The topological polar surface area (TPSA) is 6.48 Å². The van der Waals surface area contributed by atoms with Crippen molar-refractivity contribution >= 4 is 66.4 Å². The van der Waals surface area contributed by atoms with E-state index in [9.17, 15) is 0 Å². The maximum Gasteiger partial charge on any atom is 0.0748 e. The van der Waals surface area contributed by atoms with Crippen LogP contribution >= 0.6 is 0 Å². The summed E-state index contributed by atoms with van der Waals surface area (Å²) in [5.74, 6) is 0. The van der Waals surface area contributed by atoms with Crippen molar-refractivity contribution in [1.29, 1.82) is 0 Å². The lowest BCUT2D eigenvalue weighted by Gasteiger charge is -2.47. The minimum Gasteiger partial charge on any atom is -0.310 e. The van der Waals surface area contributed by atoms with Gasteiger partial charge in [0.2, 0.25) is 0 Å². The number of rotatable bonds is 9. The van der Waals surface area contributed by atoms with E-state index < -0.39 is 16.2 Å². The van der Waals surface area contributed by atoms with Gasteiger partial charge in [-0.2, -0.15) is 0 Å². The van der Waals surface area contributed by atoms with Gasteiger partial charge in [-0.1, -0.05) is 358 Å². The summed E-state index contributed by atoms with van der Waals surface area (Å²) in [6.07, 6.45) is 0. The lowest BCUT2D eigenvalue weighted by atomic mass is 9.60. The van der Waals surface area contributed by atoms with Crippen molar-refractivity contribution in [3.05, 3.63) is 479 Å². The largest absolute Gasteiger partial charge is 0.310 e. The van der Waals surface area contributed by atoms with E-state index in [-0.39, 0.29) is 0 Å². The molecule has 22 rings (SSSR count). The summed E-state index contributed by atoms with van der Waals surface area (Å²) >= 11 is 0. The average Bonchev–Trinajstić information content (AvgIpc) is 1.55. The fourth-order valence-electron chi connectivity index (χ4n) is 20.3. The van der Waals surface area contributed by atoms with Gasteiger partial charge in [0, 0.05) is 22.5 Å². The Hall–Kier alpha value is -13.7. The van der Waals surface area contributed by atoms with Gasteiger partial charge in [0.25, 0.3) is 0 Å². The molecule has 107 heavy (non-hydrogen) atoms. The second-order valence-electron chi connectivity index (χ2n) is 29.1. The standard InChI is InChI=1S/C105H68N2/c1-7-35-70(36-8-1)103(71-37-9-2-10-38-71)91-60-25-27-62-94(91)106(74-43-15-5-16-44-74)96-64-32-54-83(101(96)103)77-50-29-52-81-87(77)68-88-78(84-55-33-65-97-102(84)104(72-39-11-3-12-40-72,73-41-13-4-14-42-73)92-61-26-28-63-95(92)107(97)75-45-17-6-18-46-75)51-30-53-82(88)98(81)85-56-31-57-86-99-76-47-20-19-34-69(76)66-67-93(99)105(100(85)86)89-58-23-21-48-79(89)80-49-22-24-59-90(80)105/h1-68H. The average molecular weight is 1360 g/mol. The third-order valence-corrected chi connectivity index (χ3v) is 24.2. The summed E-state index contributed by atoms with van der Waals surface area (Å²) in [6.45, 7) is 0. The monoisotopic (exact) mass is 1360 g/mol. The van der Waals surface area contributed by atoms with Crippen molar-refractivity contribution in [3.63, 3.8) is 0 Å². The van der Waals surface area contributed by atoms with Crippen molar-refractivity contribution in [1.82, 2.24) is 0 Å². The minimum absolute atomic E-state index is 0.697. The number of para-hydroxylation sites is 4. The predicted molar refractivity (Wildman–Crippen MR) is 445 cm³/mol. The zero-order valence-corrected chi connectivity index (χ0v) is 58.7. The molecule has 0 unspecified atom stereocenters. The van der Waals surface area contributed by atoms with E-state index in [1.54, 1.807) is 0 Å². The van der Waals surface area contributed by atoms with Crippen LogP contribution in [0.25, 0.3) is 88.0 Å². The molecule has 0 saturated heterocycles. The molecule has 1 spiro atoms. The molecule has 2 heterocycles. The molecule has 2 nitrogen and oxygen atoms in total. The molecule has 4 aliphatic rings. The van der Waals surface area contributed by atoms with E-state index >= 15 is 0 Å². The Morgan fingerprint density at radius 1 is 0.168 bits per heavy atom. The maximum absolute atomic E-state index is 2.61. The summed E-state index contributed by atoms with van der Waals surface area (Å²) in [5.41, 5.74) is 31.5. The predicted octanol–water partition coefficient (Wildman–Crippen LogP) is 26.8. The lowest BCUT2D eigenvalue weighted by molar-refractivity contribution is 0.733. The number of hydrogen-bond donors (Lipinski definition) is 0. The first kappa shape index (κ1) is 60.9. The third kappa shape index (κ3) is 8.35. The molecule has 2 heteroatoms. The highest BCUT2D eigenvalue weighted by molar-refractivity contribution is 6.22. The van der Waals surface area contributed by atoms with Crippen LogP contribution in [0.5, 0.6) is 0 Å². The van der Waals surface area contributed by atoms with Crippen LogP contribution in [-0.2, 0) is 16.2 Å². The van der Waals surface area contributed by atoms with Crippen LogP contribution in [0, 0.1) is 0 Å². The molecule has 18 aromatic carbocycles. The quantitative estimate of drug-likeness (QED) is 0.133. The van der Waals surface area contributed by atoms with Gasteiger partial charge >= 0.3 is 0 Å². The molecule has 0 bridgehead atoms. The van der Waals surface area contributed by atoms with Crippen LogP contribution in [0.4, 0.5) is 34.1 Å². The Kier molecular flexibility index (Phi) is 13.5. The number of benzene rings is 18. The molecule has 0 saturated carbocycles. The van der Waals surface area contributed by atoms with Gasteiger partial charge in [0.05, 0.1) is 39.0 Å². The van der Waals surface area contributed by atoms with E-state index in [1.807, 2.05) is 0 Å². The molecule has 2 aliphatic heterocycles. The molecule has 18 aromatic rings. The Morgan fingerprint density at radius 2 is 0.495 bits per heavy atom. The van der Waals surface area contributed by atoms with Crippen LogP contribution in [0.1, 0.15) is 66.8 Å². The van der Waals surface area contributed by atoms with Crippen molar-refractivity contribution in [2.24, 2.45) is 0 Å². The molecule has 0 fully saturated rings. The summed E-state index contributed by atoms with van der Waals surface area (Å²) in [6, 6.07) is 157. The molecule has 498 valence electrons. The summed E-state index contributed by atoms with van der Waals surface area (Å²) in [5, 5.41) is 7.17. The van der Waals surface area contributed by atoms with E-state index in [2.05, 4.69) is 422 Å². The van der Waals surface area contributed by atoms with Crippen LogP contribution in [-0.4, -0.2) is 0 Å². The zero-order valence-electron chi connectivity index (χ0n) is 58.7. The van der Waals surface area contributed by atoms with Crippen LogP contribution in [0.15, 0.2) is 413 Å². The van der Waals surface area contributed by atoms with Crippen LogP contribution in [0.2, 0.25) is 0 Å². The van der Waals surface area contributed by atoms with Crippen molar-refractivity contribution in [2.75, 3.05) is 9.80 Å². The van der Waals surface area contributed by atoms with Crippen LogP contribution in [0.3, 0.4) is 0 Å². The first-order valence-electron chi connectivity index (χ1n) is 37.4. The highest BCUT2D eigenvalue weighted by atomic mass is 15.2. The summed E-state index contributed by atoms with van der Waals surface area (Å²) in [4.78, 5) is 5.05. The van der Waals surface area contributed by atoms with Gasteiger partial charge in [-0.3, -0.25) is 0 Å². The highest BCUT2D eigenvalue weighted by Crippen LogP contribution is 2.68. The number of anilines is 6. The molecule has 0 aromatic heterocycles. The Bertz CT molecular complexity index is 6210. The van der Waals surface area contributed by atoms with Crippen molar-refractivity contribution < 1.29 is 0 Å². The Morgan fingerprint density at radius 3 is 0.963 bits per heavy atom. The maximum atomic E-state index is 2.61.